The number of aromatic nitrogens is 2. The lowest BCUT2D eigenvalue weighted by molar-refractivity contribution is -0.155. The molecule has 0 bridgehead atoms. The molecule has 3 rings (SSSR count). The zero-order valence-corrected chi connectivity index (χ0v) is 17.6. The zero-order chi connectivity index (χ0) is 20.8. The van der Waals surface area contributed by atoms with Gasteiger partial charge in [-0.3, -0.25) is 4.79 Å². The van der Waals surface area contributed by atoms with Crippen molar-refractivity contribution in [3.8, 4) is 5.69 Å². The summed E-state index contributed by atoms with van der Waals surface area (Å²) >= 11 is 6.46. The van der Waals surface area contributed by atoms with Gasteiger partial charge in [-0.05, 0) is 44.9 Å². The lowest BCUT2D eigenvalue weighted by Gasteiger charge is -2.23. The van der Waals surface area contributed by atoms with Gasteiger partial charge >= 0.3 is 5.97 Å². The number of hydrogen-bond acceptors (Lipinski definition) is 4. The summed E-state index contributed by atoms with van der Waals surface area (Å²) in [7, 11) is 0. The molecule has 154 valence electrons. The molecule has 0 radical (unpaired) electrons. The number of ether oxygens (including phenoxy) is 1. The van der Waals surface area contributed by atoms with Crippen LogP contribution in [-0.2, 0) is 14.3 Å². The Hall–Kier alpha value is -2.60. The number of halogens is 1. The van der Waals surface area contributed by atoms with Crippen molar-refractivity contribution in [2.45, 2.75) is 45.6 Å². The zero-order valence-electron chi connectivity index (χ0n) is 16.8. The third kappa shape index (κ3) is 5.26. The summed E-state index contributed by atoms with van der Waals surface area (Å²) in [6.07, 6.45) is 6.32. The van der Waals surface area contributed by atoms with Gasteiger partial charge < -0.3 is 9.64 Å². The Morgan fingerprint density at radius 2 is 1.79 bits per heavy atom. The van der Waals surface area contributed by atoms with E-state index in [1.165, 1.54) is 6.08 Å². The van der Waals surface area contributed by atoms with E-state index in [4.69, 9.17) is 16.3 Å². The topological polar surface area (TPSA) is 64.4 Å². The molecule has 29 heavy (non-hydrogen) atoms. The second-order valence-electron chi connectivity index (χ2n) is 7.19. The first-order valence-corrected chi connectivity index (χ1v) is 10.3. The van der Waals surface area contributed by atoms with Crippen molar-refractivity contribution < 1.29 is 14.3 Å². The Balaban J connectivity index is 1.64. The third-order valence-corrected chi connectivity index (χ3v) is 5.36. The Labute approximate surface area is 176 Å². The van der Waals surface area contributed by atoms with Gasteiger partial charge in [0.1, 0.15) is 5.15 Å². The van der Waals surface area contributed by atoms with Crippen molar-refractivity contribution >= 4 is 29.6 Å². The minimum Gasteiger partial charge on any atom is -0.449 e. The number of aryl methyl sites for hydroxylation is 1. The van der Waals surface area contributed by atoms with Crippen molar-refractivity contribution in [3.63, 3.8) is 0 Å². The van der Waals surface area contributed by atoms with Crippen LogP contribution in [0.1, 0.15) is 43.9 Å². The Morgan fingerprint density at radius 3 is 2.45 bits per heavy atom. The van der Waals surface area contributed by atoms with Crippen LogP contribution in [0.3, 0.4) is 0 Å². The lowest BCUT2D eigenvalue weighted by atomic mass is 10.2. The highest BCUT2D eigenvalue weighted by atomic mass is 35.5. The molecule has 0 spiro atoms. The first-order valence-electron chi connectivity index (χ1n) is 9.95. The maximum atomic E-state index is 12.5. The molecule has 1 amide bonds. The van der Waals surface area contributed by atoms with Gasteiger partial charge in [0.15, 0.2) is 6.10 Å². The van der Waals surface area contributed by atoms with Crippen molar-refractivity contribution in [2.75, 3.05) is 13.1 Å². The molecule has 2 heterocycles. The summed E-state index contributed by atoms with van der Waals surface area (Å²) in [5.41, 5.74) is 2.16. The quantitative estimate of drug-likeness (QED) is 0.542. The van der Waals surface area contributed by atoms with Crippen molar-refractivity contribution in [1.29, 1.82) is 0 Å². The van der Waals surface area contributed by atoms with Gasteiger partial charge in [0, 0.05) is 24.7 Å². The number of nitrogens with zero attached hydrogens (tertiary/aromatic N) is 3. The van der Waals surface area contributed by atoms with Crippen LogP contribution in [0.25, 0.3) is 11.8 Å². The van der Waals surface area contributed by atoms with Crippen molar-refractivity contribution in [1.82, 2.24) is 14.7 Å². The van der Waals surface area contributed by atoms with E-state index in [0.717, 1.165) is 44.5 Å². The number of para-hydroxylation sites is 1. The van der Waals surface area contributed by atoms with Gasteiger partial charge in [0.25, 0.3) is 5.91 Å². The number of amides is 1. The molecule has 0 unspecified atom stereocenters. The number of esters is 1. The van der Waals surface area contributed by atoms with E-state index in [9.17, 15) is 9.59 Å². The number of hydrogen-bond donors (Lipinski definition) is 0. The molecule has 1 atom stereocenters. The molecule has 7 heteroatoms. The van der Waals surface area contributed by atoms with E-state index < -0.39 is 12.1 Å². The van der Waals surface area contributed by atoms with E-state index in [0.29, 0.717) is 16.4 Å². The molecular formula is C22H26ClN3O3. The fourth-order valence-electron chi connectivity index (χ4n) is 3.40. The summed E-state index contributed by atoms with van der Waals surface area (Å²) in [4.78, 5) is 26.5. The highest BCUT2D eigenvalue weighted by molar-refractivity contribution is 6.31. The fraction of sp³-hybridized carbons (Fsp3) is 0.409. The van der Waals surface area contributed by atoms with Crippen LogP contribution < -0.4 is 0 Å². The standard InChI is InChI=1S/C22H26ClN3O3/c1-16-19(21(23)26(24-16)18-10-6-5-7-11-18)12-13-20(27)29-17(2)22(28)25-14-8-3-4-9-15-25/h5-7,10-13,17H,3-4,8-9,14-15H2,1-2H3/b13-12+/t17-/m0/s1. The average Bonchev–Trinajstić information content (AvgIpc) is 2.90. The van der Waals surface area contributed by atoms with Gasteiger partial charge in [0.2, 0.25) is 0 Å². The van der Waals surface area contributed by atoms with Crippen LogP contribution in [0.4, 0.5) is 0 Å². The van der Waals surface area contributed by atoms with Crippen LogP contribution >= 0.6 is 11.6 Å². The molecule has 1 aliphatic heterocycles. The molecule has 1 fully saturated rings. The van der Waals surface area contributed by atoms with Crippen LogP contribution in [-0.4, -0.2) is 45.8 Å². The molecule has 1 saturated heterocycles. The average molecular weight is 416 g/mol. The van der Waals surface area contributed by atoms with E-state index in [2.05, 4.69) is 5.10 Å². The van der Waals surface area contributed by atoms with Gasteiger partial charge in [-0.1, -0.05) is 42.6 Å². The first-order chi connectivity index (χ1) is 14.0. The summed E-state index contributed by atoms with van der Waals surface area (Å²) in [6, 6.07) is 9.52. The SMILES string of the molecule is Cc1nn(-c2ccccc2)c(Cl)c1/C=C/C(=O)O[C@@H](C)C(=O)N1CCCCCC1. The molecule has 6 nitrogen and oxygen atoms in total. The third-order valence-electron chi connectivity index (χ3n) is 4.99. The smallest absolute Gasteiger partial charge is 0.331 e. The number of benzene rings is 1. The Bertz CT molecular complexity index is 884. The van der Waals surface area contributed by atoms with E-state index in [1.807, 2.05) is 37.3 Å². The van der Waals surface area contributed by atoms with E-state index >= 15 is 0 Å². The number of carbonyl (C=O) groups is 2. The highest BCUT2D eigenvalue weighted by Crippen LogP contribution is 2.24. The lowest BCUT2D eigenvalue weighted by Crippen LogP contribution is -2.40. The van der Waals surface area contributed by atoms with Crippen molar-refractivity contribution in [3.05, 3.63) is 52.8 Å². The summed E-state index contributed by atoms with van der Waals surface area (Å²) in [5, 5.41) is 4.85. The predicted octanol–water partition coefficient (Wildman–Crippen LogP) is 4.18. The predicted molar refractivity (Wildman–Crippen MR) is 113 cm³/mol. The summed E-state index contributed by atoms with van der Waals surface area (Å²) in [6.45, 7) is 4.89. The van der Waals surface area contributed by atoms with Gasteiger partial charge in [-0.2, -0.15) is 5.10 Å². The van der Waals surface area contributed by atoms with Crippen LogP contribution in [0, 0.1) is 6.92 Å². The van der Waals surface area contributed by atoms with Crippen LogP contribution in [0.2, 0.25) is 5.15 Å². The number of rotatable bonds is 5. The molecule has 1 aromatic carbocycles. The van der Waals surface area contributed by atoms with E-state index in [1.54, 1.807) is 22.6 Å². The minimum atomic E-state index is -0.811. The number of likely N-dealkylation sites (tertiary alicyclic amines) is 1. The van der Waals surface area contributed by atoms with Gasteiger partial charge in [0.05, 0.1) is 11.4 Å². The normalized spacial score (nSPS) is 15.9. The fourth-order valence-corrected chi connectivity index (χ4v) is 3.74. The monoisotopic (exact) mass is 415 g/mol. The second-order valence-corrected chi connectivity index (χ2v) is 7.55. The Morgan fingerprint density at radius 1 is 1.14 bits per heavy atom. The largest absolute Gasteiger partial charge is 0.449 e. The van der Waals surface area contributed by atoms with Crippen molar-refractivity contribution in [2.24, 2.45) is 0 Å². The molecule has 0 aliphatic carbocycles. The summed E-state index contributed by atoms with van der Waals surface area (Å²) < 4.78 is 6.93. The molecule has 0 N–H and O–H groups in total. The maximum Gasteiger partial charge on any atom is 0.331 e. The highest BCUT2D eigenvalue weighted by Gasteiger charge is 2.24. The molecule has 2 aromatic rings. The Kier molecular flexibility index (Phi) is 7.09. The van der Waals surface area contributed by atoms with Gasteiger partial charge in [-0.15, -0.1) is 0 Å². The molecular weight excluding hydrogens is 390 g/mol. The van der Waals surface area contributed by atoms with Crippen LogP contribution in [0.15, 0.2) is 36.4 Å². The molecule has 1 aromatic heterocycles. The number of carbonyl (C=O) groups excluding carboxylic acids is 2. The van der Waals surface area contributed by atoms with Crippen LogP contribution in [0.5, 0.6) is 0 Å². The van der Waals surface area contributed by atoms with E-state index in [-0.39, 0.29) is 5.91 Å². The molecule has 0 saturated carbocycles. The first kappa shape index (κ1) is 21.1. The minimum absolute atomic E-state index is 0.139. The maximum absolute atomic E-state index is 12.5. The second kappa shape index (κ2) is 9.74. The van der Waals surface area contributed by atoms with Gasteiger partial charge in [-0.25, -0.2) is 9.48 Å². The summed E-state index contributed by atoms with van der Waals surface area (Å²) in [5.74, 6) is -0.719. The molecule has 1 aliphatic rings.